The molecule has 96 valence electrons. The summed E-state index contributed by atoms with van der Waals surface area (Å²) >= 11 is 9.91. The van der Waals surface area contributed by atoms with Gasteiger partial charge in [-0.3, -0.25) is 0 Å². The van der Waals surface area contributed by atoms with E-state index in [1.807, 2.05) is 38.1 Å². The van der Waals surface area contributed by atoms with Gasteiger partial charge in [0.15, 0.2) is 0 Å². The summed E-state index contributed by atoms with van der Waals surface area (Å²) in [4.78, 5) is 0. The second kappa shape index (κ2) is 5.81. The van der Waals surface area contributed by atoms with Crippen LogP contribution in [0.25, 0.3) is 0 Å². The van der Waals surface area contributed by atoms with Crippen LogP contribution < -0.4 is 4.74 Å². The van der Waals surface area contributed by atoms with Crippen molar-refractivity contribution in [3.8, 4) is 5.75 Å². The van der Waals surface area contributed by atoms with Gasteiger partial charge in [0.1, 0.15) is 16.9 Å². The maximum atomic E-state index is 6.42. The lowest BCUT2D eigenvalue weighted by Gasteiger charge is -2.11. The highest BCUT2D eigenvalue weighted by molar-refractivity contribution is 9.10. The molecule has 0 spiro atoms. The molecule has 1 aromatic heterocycles. The molecule has 4 heteroatoms. The average Bonchev–Trinajstić information content (AvgIpc) is 2.77. The van der Waals surface area contributed by atoms with Gasteiger partial charge in [-0.05, 0) is 59.1 Å². The van der Waals surface area contributed by atoms with E-state index in [1.54, 1.807) is 6.26 Å². The van der Waals surface area contributed by atoms with E-state index in [9.17, 15) is 0 Å². The lowest BCUT2D eigenvalue weighted by Crippen LogP contribution is -1.96. The molecule has 0 aliphatic rings. The van der Waals surface area contributed by atoms with Crippen LogP contribution in [0.2, 0.25) is 0 Å². The van der Waals surface area contributed by atoms with E-state index in [0.29, 0.717) is 6.61 Å². The van der Waals surface area contributed by atoms with Crippen LogP contribution in [0.4, 0.5) is 0 Å². The maximum absolute atomic E-state index is 6.42. The molecule has 0 aliphatic heterocycles. The van der Waals surface area contributed by atoms with Gasteiger partial charge >= 0.3 is 0 Å². The standard InChI is InChI=1S/C14H14BrClO2/c1-3-17-12-5-4-10(8-11(12)15)13(16)14-9(2)6-7-18-14/h4-8,13H,3H2,1-2H3. The minimum Gasteiger partial charge on any atom is -0.493 e. The SMILES string of the molecule is CCOc1ccc(C(Cl)c2occc2C)cc1Br. The van der Waals surface area contributed by atoms with Crippen molar-refractivity contribution < 1.29 is 9.15 Å². The zero-order valence-corrected chi connectivity index (χ0v) is 12.6. The third-order valence-corrected chi connectivity index (χ3v) is 3.75. The molecule has 0 amide bonds. The average molecular weight is 330 g/mol. The summed E-state index contributed by atoms with van der Waals surface area (Å²) in [5, 5.41) is -0.285. The molecule has 18 heavy (non-hydrogen) atoms. The van der Waals surface area contributed by atoms with Crippen LogP contribution >= 0.6 is 27.5 Å². The predicted molar refractivity (Wildman–Crippen MR) is 76.5 cm³/mol. The fourth-order valence-corrected chi connectivity index (χ4v) is 2.61. The van der Waals surface area contributed by atoms with Gasteiger partial charge in [0.25, 0.3) is 0 Å². The summed E-state index contributed by atoms with van der Waals surface area (Å²) in [6, 6.07) is 7.74. The molecule has 2 nitrogen and oxygen atoms in total. The van der Waals surface area contributed by atoms with Crippen molar-refractivity contribution in [2.75, 3.05) is 6.61 Å². The summed E-state index contributed by atoms with van der Waals surface area (Å²) in [5.74, 6) is 1.61. The van der Waals surface area contributed by atoms with E-state index in [-0.39, 0.29) is 5.38 Å². The predicted octanol–water partition coefficient (Wildman–Crippen LogP) is 5.08. The molecular weight excluding hydrogens is 316 g/mol. The number of benzene rings is 1. The molecule has 0 saturated heterocycles. The van der Waals surface area contributed by atoms with Crippen molar-refractivity contribution in [2.24, 2.45) is 0 Å². The summed E-state index contributed by atoms with van der Waals surface area (Å²) in [6.07, 6.45) is 1.66. The third-order valence-electron chi connectivity index (χ3n) is 2.68. The molecule has 0 bridgehead atoms. The molecule has 1 heterocycles. The Balaban J connectivity index is 2.29. The number of hydrogen-bond acceptors (Lipinski definition) is 2. The number of alkyl halides is 1. The highest BCUT2D eigenvalue weighted by Gasteiger charge is 2.17. The quantitative estimate of drug-likeness (QED) is 0.730. The summed E-state index contributed by atoms with van der Waals surface area (Å²) in [7, 11) is 0. The van der Waals surface area contributed by atoms with Crippen LogP contribution in [0.3, 0.4) is 0 Å². The van der Waals surface area contributed by atoms with Crippen LogP contribution in [0, 0.1) is 6.92 Å². The van der Waals surface area contributed by atoms with Gasteiger partial charge in [-0.1, -0.05) is 6.07 Å². The Morgan fingerprint density at radius 1 is 1.39 bits per heavy atom. The summed E-state index contributed by atoms with van der Waals surface area (Å²) in [5.41, 5.74) is 2.03. The van der Waals surface area contributed by atoms with Crippen molar-refractivity contribution in [2.45, 2.75) is 19.2 Å². The second-order valence-corrected chi connectivity index (χ2v) is 5.24. The number of furan rings is 1. The van der Waals surface area contributed by atoms with Gasteiger partial charge in [-0.25, -0.2) is 0 Å². The first kappa shape index (κ1) is 13.5. The molecule has 0 radical (unpaired) electrons. The Hall–Kier alpha value is -0.930. The van der Waals surface area contributed by atoms with Crippen molar-refractivity contribution in [1.82, 2.24) is 0 Å². The van der Waals surface area contributed by atoms with Gasteiger partial charge in [-0.15, -0.1) is 11.6 Å². The molecule has 2 aromatic rings. The minimum atomic E-state index is -0.285. The first-order valence-corrected chi connectivity index (χ1v) is 6.96. The van der Waals surface area contributed by atoms with Crippen LogP contribution in [0.1, 0.15) is 29.2 Å². The Bertz CT molecular complexity index is 536. The van der Waals surface area contributed by atoms with Crippen LogP contribution in [-0.2, 0) is 0 Å². The molecule has 2 rings (SSSR count). The van der Waals surface area contributed by atoms with Crippen LogP contribution in [0.5, 0.6) is 5.75 Å². The van der Waals surface area contributed by atoms with Gasteiger partial charge in [0, 0.05) is 0 Å². The first-order valence-electron chi connectivity index (χ1n) is 5.73. The van der Waals surface area contributed by atoms with Crippen LogP contribution in [-0.4, -0.2) is 6.61 Å². The van der Waals surface area contributed by atoms with E-state index in [1.165, 1.54) is 0 Å². The van der Waals surface area contributed by atoms with Gasteiger partial charge in [-0.2, -0.15) is 0 Å². The van der Waals surface area contributed by atoms with E-state index in [4.69, 9.17) is 20.8 Å². The third kappa shape index (κ3) is 2.73. The Morgan fingerprint density at radius 2 is 2.17 bits per heavy atom. The monoisotopic (exact) mass is 328 g/mol. The lowest BCUT2D eigenvalue weighted by atomic mass is 10.1. The normalized spacial score (nSPS) is 12.4. The Morgan fingerprint density at radius 3 is 2.72 bits per heavy atom. The van der Waals surface area contributed by atoms with E-state index >= 15 is 0 Å². The maximum Gasteiger partial charge on any atom is 0.133 e. The van der Waals surface area contributed by atoms with Crippen molar-refractivity contribution in [1.29, 1.82) is 0 Å². The van der Waals surface area contributed by atoms with E-state index in [2.05, 4.69) is 15.9 Å². The zero-order valence-electron chi connectivity index (χ0n) is 10.2. The largest absolute Gasteiger partial charge is 0.493 e. The first-order chi connectivity index (χ1) is 8.63. The fourth-order valence-electron chi connectivity index (χ4n) is 1.74. The van der Waals surface area contributed by atoms with E-state index in [0.717, 1.165) is 27.1 Å². The molecule has 1 atom stereocenters. The van der Waals surface area contributed by atoms with Crippen molar-refractivity contribution >= 4 is 27.5 Å². The Labute approximate surface area is 120 Å². The molecule has 0 saturated carbocycles. The molecule has 0 N–H and O–H groups in total. The van der Waals surface area contributed by atoms with Crippen molar-refractivity contribution in [3.05, 3.63) is 51.9 Å². The van der Waals surface area contributed by atoms with Crippen molar-refractivity contribution in [3.63, 3.8) is 0 Å². The van der Waals surface area contributed by atoms with Crippen LogP contribution in [0.15, 0.2) is 39.4 Å². The van der Waals surface area contributed by atoms with Gasteiger partial charge in [0.05, 0.1) is 17.3 Å². The van der Waals surface area contributed by atoms with Gasteiger partial charge < -0.3 is 9.15 Å². The zero-order chi connectivity index (χ0) is 13.1. The molecular formula is C14H14BrClO2. The highest BCUT2D eigenvalue weighted by atomic mass is 79.9. The number of ether oxygens (including phenoxy) is 1. The lowest BCUT2D eigenvalue weighted by molar-refractivity contribution is 0.338. The number of halogens is 2. The molecule has 1 unspecified atom stereocenters. The number of rotatable bonds is 4. The smallest absolute Gasteiger partial charge is 0.133 e. The fraction of sp³-hybridized carbons (Fsp3) is 0.286. The van der Waals surface area contributed by atoms with E-state index < -0.39 is 0 Å². The Kier molecular flexibility index (Phi) is 4.36. The number of hydrogen-bond donors (Lipinski definition) is 0. The summed E-state index contributed by atoms with van der Waals surface area (Å²) < 4.78 is 11.8. The summed E-state index contributed by atoms with van der Waals surface area (Å²) in [6.45, 7) is 4.58. The molecule has 0 fully saturated rings. The minimum absolute atomic E-state index is 0.285. The van der Waals surface area contributed by atoms with Gasteiger partial charge in [0.2, 0.25) is 0 Å². The molecule has 0 aliphatic carbocycles. The highest BCUT2D eigenvalue weighted by Crippen LogP contribution is 2.35. The second-order valence-electron chi connectivity index (χ2n) is 3.95. The number of aryl methyl sites for hydroxylation is 1. The molecule has 1 aromatic carbocycles. The topological polar surface area (TPSA) is 22.4 Å².